The predicted octanol–water partition coefficient (Wildman–Crippen LogP) is 1.04. The number of nitrogens with one attached hydrogen (secondary N) is 1. The summed E-state index contributed by atoms with van der Waals surface area (Å²) in [7, 11) is 5.69. The molecule has 1 aromatic carbocycles. The first kappa shape index (κ1) is 13.5. The quantitative estimate of drug-likeness (QED) is 0.598. The number of aromatic nitrogens is 6. The van der Waals surface area contributed by atoms with Crippen LogP contribution in [0.15, 0.2) is 35.4 Å². The molecule has 0 aliphatic rings. The minimum absolute atomic E-state index is 0.315. The molecule has 0 spiro atoms. The number of benzene rings is 1. The Labute approximate surface area is 131 Å². The molecule has 1 N–H and O–H groups in total. The topological polar surface area (TPSA) is 84.1 Å². The molecule has 3 aromatic heterocycles. The van der Waals surface area contributed by atoms with Crippen molar-refractivity contribution in [3.8, 4) is 11.4 Å². The van der Waals surface area contributed by atoms with E-state index in [-0.39, 0.29) is 5.69 Å². The number of aryl methyl sites for hydroxylation is 1. The first-order valence-electron chi connectivity index (χ1n) is 7.13. The van der Waals surface area contributed by atoms with Gasteiger partial charge in [-0.3, -0.25) is 4.68 Å². The Morgan fingerprint density at radius 2 is 2.09 bits per heavy atom. The van der Waals surface area contributed by atoms with E-state index in [4.69, 9.17) is 0 Å². The number of hydrogen-bond donors (Lipinski definition) is 1. The fourth-order valence-electron chi connectivity index (χ4n) is 2.68. The van der Waals surface area contributed by atoms with Crippen molar-refractivity contribution in [3.63, 3.8) is 0 Å². The van der Waals surface area contributed by atoms with Gasteiger partial charge in [-0.1, -0.05) is 6.07 Å². The van der Waals surface area contributed by atoms with Crippen molar-refractivity contribution in [2.75, 3.05) is 19.0 Å². The van der Waals surface area contributed by atoms with Crippen LogP contribution in [0.1, 0.15) is 0 Å². The molecular weight excluding hydrogens is 294 g/mol. The number of hydrogen-bond acceptors (Lipinski definition) is 5. The molecule has 0 aliphatic carbocycles. The first-order chi connectivity index (χ1) is 11.0. The predicted molar refractivity (Wildman–Crippen MR) is 87.6 cm³/mol. The van der Waals surface area contributed by atoms with Crippen molar-refractivity contribution in [1.29, 1.82) is 0 Å². The zero-order chi connectivity index (χ0) is 16.1. The highest BCUT2D eigenvalue weighted by molar-refractivity contribution is 5.98. The van der Waals surface area contributed by atoms with Gasteiger partial charge in [0.05, 0.1) is 23.0 Å². The number of nitrogens with zero attached hydrogens (tertiary/aromatic N) is 6. The average molecular weight is 309 g/mol. The van der Waals surface area contributed by atoms with Gasteiger partial charge in [0.1, 0.15) is 0 Å². The highest BCUT2D eigenvalue weighted by atomic mass is 16.1. The molecule has 0 unspecified atom stereocenters. The van der Waals surface area contributed by atoms with Crippen molar-refractivity contribution in [3.05, 3.63) is 41.1 Å². The maximum Gasteiger partial charge on any atom is 0.348 e. The molecule has 0 atom stereocenters. The Bertz CT molecular complexity index is 1090. The summed E-state index contributed by atoms with van der Waals surface area (Å²) >= 11 is 0. The second kappa shape index (κ2) is 4.67. The van der Waals surface area contributed by atoms with Gasteiger partial charge in [-0.05, 0) is 12.1 Å². The van der Waals surface area contributed by atoms with E-state index in [2.05, 4.69) is 20.2 Å². The van der Waals surface area contributed by atoms with Gasteiger partial charge in [0.15, 0.2) is 11.5 Å². The van der Waals surface area contributed by atoms with Crippen molar-refractivity contribution in [2.45, 2.75) is 0 Å². The lowest BCUT2D eigenvalue weighted by Crippen LogP contribution is -2.19. The Hall–Kier alpha value is -3.16. The number of fused-ring (bicyclic) bond motifs is 3. The minimum Gasteiger partial charge on any atom is -0.376 e. The van der Waals surface area contributed by atoms with Gasteiger partial charge in [0, 0.05) is 32.7 Å². The largest absolute Gasteiger partial charge is 0.376 e. The van der Waals surface area contributed by atoms with Crippen LogP contribution in [0.4, 0.5) is 5.69 Å². The molecule has 8 heteroatoms. The third-order valence-electron chi connectivity index (χ3n) is 3.76. The van der Waals surface area contributed by atoms with Gasteiger partial charge < -0.3 is 9.88 Å². The molecule has 3 heterocycles. The molecule has 23 heavy (non-hydrogen) atoms. The van der Waals surface area contributed by atoms with E-state index >= 15 is 0 Å². The molecular formula is C15H15N7O. The van der Waals surface area contributed by atoms with Gasteiger partial charge in [-0.15, -0.1) is 5.10 Å². The highest BCUT2D eigenvalue weighted by Gasteiger charge is 2.15. The second-order valence-corrected chi connectivity index (χ2v) is 5.60. The van der Waals surface area contributed by atoms with Crippen LogP contribution in [0.5, 0.6) is 0 Å². The molecule has 0 amide bonds. The van der Waals surface area contributed by atoms with Crippen LogP contribution < -0.4 is 10.6 Å². The Balaban J connectivity index is 2.08. The molecule has 0 fully saturated rings. The molecule has 0 aliphatic heterocycles. The van der Waals surface area contributed by atoms with Crippen molar-refractivity contribution < 1.29 is 0 Å². The first-order valence-corrected chi connectivity index (χ1v) is 7.13. The zero-order valence-electron chi connectivity index (χ0n) is 13.0. The summed E-state index contributed by atoms with van der Waals surface area (Å²) in [5.74, 6) is 0.478. The van der Waals surface area contributed by atoms with Gasteiger partial charge in [0.2, 0.25) is 0 Å². The molecule has 0 saturated carbocycles. The summed E-state index contributed by atoms with van der Waals surface area (Å²) in [6.45, 7) is 0. The maximum atomic E-state index is 12.4. The van der Waals surface area contributed by atoms with Crippen molar-refractivity contribution in [1.82, 2.24) is 29.4 Å². The van der Waals surface area contributed by atoms with Crippen LogP contribution in [0.2, 0.25) is 0 Å². The normalized spacial score (nSPS) is 11.4. The molecule has 4 rings (SSSR count). The third-order valence-corrected chi connectivity index (χ3v) is 3.76. The number of H-pyrrole nitrogens is 1. The zero-order valence-corrected chi connectivity index (χ0v) is 13.0. The molecule has 0 saturated heterocycles. The summed E-state index contributed by atoms with van der Waals surface area (Å²) in [6, 6.07) is 5.82. The maximum absolute atomic E-state index is 12.4. The molecule has 0 bridgehead atoms. The number of anilines is 1. The SMILES string of the molecule is CN(C)c1cccc2c1[nH]c(=O)n1nc(-c3cnn(C)c3)nc21. The van der Waals surface area contributed by atoms with Crippen LogP contribution >= 0.6 is 0 Å². The smallest absolute Gasteiger partial charge is 0.348 e. The van der Waals surface area contributed by atoms with E-state index in [0.717, 1.165) is 22.2 Å². The summed E-state index contributed by atoms with van der Waals surface area (Å²) in [6.07, 6.45) is 3.49. The summed E-state index contributed by atoms with van der Waals surface area (Å²) < 4.78 is 2.97. The lowest BCUT2D eigenvalue weighted by atomic mass is 10.2. The minimum atomic E-state index is -0.315. The standard InChI is InChI=1S/C15H15N7O/c1-20(2)11-6-4-5-10-12(11)17-15(23)22-14(10)18-13(19-22)9-7-16-21(3)8-9/h4-8H,1-3H3,(H,17,23). The summed E-state index contributed by atoms with van der Waals surface area (Å²) in [5, 5.41) is 9.28. The lowest BCUT2D eigenvalue weighted by molar-refractivity contribution is 0.768. The van der Waals surface area contributed by atoms with Crippen LogP contribution in [-0.2, 0) is 7.05 Å². The van der Waals surface area contributed by atoms with Crippen LogP contribution in [0.25, 0.3) is 27.9 Å². The van der Waals surface area contributed by atoms with Crippen LogP contribution in [0.3, 0.4) is 0 Å². The van der Waals surface area contributed by atoms with E-state index in [0.29, 0.717) is 11.5 Å². The van der Waals surface area contributed by atoms with E-state index in [1.807, 2.05) is 50.4 Å². The summed E-state index contributed by atoms with van der Waals surface area (Å²) in [4.78, 5) is 21.8. The van der Waals surface area contributed by atoms with E-state index in [1.165, 1.54) is 4.52 Å². The molecule has 4 aromatic rings. The monoisotopic (exact) mass is 309 g/mol. The molecule has 0 radical (unpaired) electrons. The van der Waals surface area contributed by atoms with Crippen molar-refractivity contribution in [2.24, 2.45) is 7.05 Å². The Kier molecular flexibility index (Phi) is 2.74. The fraction of sp³-hybridized carbons (Fsp3) is 0.200. The Morgan fingerprint density at radius 3 is 2.78 bits per heavy atom. The van der Waals surface area contributed by atoms with Gasteiger partial charge in [-0.2, -0.15) is 9.61 Å². The lowest BCUT2D eigenvalue weighted by Gasteiger charge is -2.14. The molecule has 116 valence electrons. The van der Waals surface area contributed by atoms with E-state index < -0.39 is 0 Å². The van der Waals surface area contributed by atoms with Crippen LogP contribution in [-0.4, -0.2) is 43.5 Å². The molecule has 8 nitrogen and oxygen atoms in total. The van der Waals surface area contributed by atoms with Crippen LogP contribution in [0, 0.1) is 0 Å². The van der Waals surface area contributed by atoms with Gasteiger partial charge in [-0.25, -0.2) is 9.78 Å². The number of rotatable bonds is 2. The van der Waals surface area contributed by atoms with Gasteiger partial charge in [0.25, 0.3) is 0 Å². The van der Waals surface area contributed by atoms with Gasteiger partial charge >= 0.3 is 5.69 Å². The summed E-state index contributed by atoms with van der Waals surface area (Å²) in [5.41, 5.74) is 2.66. The fourth-order valence-corrected chi connectivity index (χ4v) is 2.68. The second-order valence-electron chi connectivity index (χ2n) is 5.60. The third kappa shape index (κ3) is 1.99. The van der Waals surface area contributed by atoms with E-state index in [1.54, 1.807) is 10.9 Å². The van der Waals surface area contributed by atoms with E-state index in [9.17, 15) is 4.79 Å². The van der Waals surface area contributed by atoms with Crippen molar-refractivity contribution >= 4 is 22.2 Å². The highest BCUT2D eigenvalue weighted by Crippen LogP contribution is 2.25. The number of para-hydroxylation sites is 1. The number of aromatic amines is 1. The average Bonchev–Trinajstić information content (AvgIpc) is 3.13. The Morgan fingerprint density at radius 1 is 1.26 bits per heavy atom.